The minimum Gasteiger partial charge on any atom is -0.481 e. The van der Waals surface area contributed by atoms with Gasteiger partial charge >= 0.3 is 0 Å². The molecule has 0 saturated carbocycles. The first-order valence-corrected chi connectivity index (χ1v) is 12.6. The second kappa shape index (κ2) is 9.47. The lowest BCUT2D eigenvalue weighted by Crippen LogP contribution is -2.46. The smallest absolute Gasteiger partial charge is 0.213 e. The summed E-state index contributed by atoms with van der Waals surface area (Å²) < 4.78 is 5.38. The molecule has 2 aliphatic heterocycles. The van der Waals surface area contributed by atoms with Crippen molar-refractivity contribution in [3.63, 3.8) is 0 Å². The van der Waals surface area contributed by atoms with Crippen LogP contribution in [0.2, 0.25) is 0 Å². The number of likely N-dealkylation sites (tertiary alicyclic amines) is 2. The topological polar surface area (TPSA) is 44.4 Å². The van der Waals surface area contributed by atoms with Gasteiger partial charge in [-0.1, -0.05) is 19.9 Å². The van der Waals surface area contributed by atoms with Gasteiger partial charge in [0.2, 0.25) is 5.88 Å². The summed E-state index contributed by atoms with van der Waals surface area (Å²) >= 11 is 0. The number of piperidine rings is 2. The molecule has 0 bridgehead atoms. The van der Waals surface area contributed by atoms with Crippen molar-refractivity contribution in [1.82, 2.24) is 19.8 Å². The van der Waals surface area contributed by atoms with Gasteiger partial charge in [0, 0.05) is 34.8 Å². The molecule has 2 aromatic heterocycles. The summed E-state index contributed by atoms with van der Waals surface area (Å²) in [4.78, 5) is 13.2. The van der Waals surface area contributed by atoms with Crippen LogP contribution >= 0.6 is 0 Å². The molecule has 5 nitrogen and oxygen atoms in total. The first kappa shape index (κ1) is 22.4. The number of pyridine rings is 1. The van der Waals surface area contributed by atoms with Gasteiger partial charge in [0.25, 0.3) is 0 Å². The molecule has 2 fully saturated rings. The van der Waals surface area contributed by atoms with E-state index in [4.69, 9.17) is 4.74 Å². The van der Waals surface area contributed by atoms with Crippen LogP contribution in [-0.2, 0) is 0 Å². The maximum absolute atomic E-state index is 5.38. The van der Waals surface area contributed by atoms with Crippen LogP contribution in [0.5, 0.6) is 5.88 Å². The Hall–Kier alpha value is -2.37. The van der Waals surface area contributed by atoms with Gasteiger partial charge in [0.1, 0.15) is 0 Å². The molecule has 33 heavy (non-hydrogen) atoms. The molecule has 176 valence electrons. The number of rotatable bonds is 5. The van der Waals surface area contributed by atoms with E-state index < -0.39 is 0 Å². The molecule has 0 amide bonds. The summed E-state index contributed by atoms with van der Waals surface area (Å²) in [6.45, 7) is 9.55. The quantitative estimate of drug-likeness (QED) is 0.551. The van der Waals surface area contributed by atoms with E-state index in [1.807, 2.05) is 12.3 Å². The Morgan fingerprint density at radius 1 is 1.00 bits per heavy atom. The number of nitrogens with zero attached hydrogens (tertiary/aromatic N) is 3. The van der Waals surface area contributed by atoms with Crippen molar-refractivity contribution >= 4 is 10.9 Å². The fourth-order valence-corrected chi connectivity index (χ4v) is 5.95. The number of benzene rings is 1. The Balaban J connectivity index is 1.39. The van der Waals surface area contributed by atoms with Crippen LogP contribution in [0.25, 0.3) is 22.2 Å². The number of methoxy groups -OCH3 is 1. The normalized spacial score (nSPS) is 19.5. The van der Waals surface area contributed by atoms with Crippen molar-refractivity contribution in [1.29, 1.82) is 0 Å². The van der Waals surface area contributed by atoms with E-state index in [0.717, 1.165) is 11.6 Å². The van der Waals surface area contributed by atoms with Gasteiger partial charge in [-0.15, -0.1) is 0 Å². The molecule has 0 aliphatic carbocycles. The average Bonchev–Trinajstić information content (AvgIpc) is 3.24. The van der Waals surface area contributed by atoms with Crippen molar-refractivity contribution in [2.75, 3.05) is 40.3 Å². The molecule has 0 atom stereocenters. The predicted molar refractivity (Wildman–Crippen MR) is 136 cm³/mol. The Labute approximate surface area is 198 Å². The third-order valence-electron chi connectivity index (χ3n) is 7.88. The lowest BCUT2D eigenvalue weighted by molar-refractivity contribution is 0.0966. The van der Waals surface area contributed by atoms with Crippen molar-refractivity contribution in [2.45, 2.75) is 57.4 Å². The van der Waals surface area contributed by atoms with E-state index in [0.29, 0.717) is 17.7 Å². The van der Waals surface area contributed by atoms with E-state index in [-0.39, 0.29) is 0 Å². The third-order valence-corrected chi connectivity index (χ3v) is 7.88. The molecule has 0 spiro atoms. The lowest BCUT2D eigenvalue weighted by Gasteiger charge is -2.41. The fourth-order valence-electron chi connectivity index (χ4n) is 5.95. The molecule has 1 N–H and O–H groups in total. The third kappa shape index (κ3) is 4.53. The zero-order chi connectivity index (χ0) is 22.9. The zero-order valence-electron chi connectivity index (χ0n) is 20.6. The highest BCUT2D eigenvalue weighted by molar-refractivity contribution is 5.92. The standard InChI is InChI=1S/C28H38N4O/c1-19(2)27-24-17-21(20-8-15-32(16-9-20)23-10-13-31(3)14-11-23)5-6-25(24)30-28(27)22-7-12-29-26(18-22)33-4/h5-7,12,17-20,23,30H,8-11,13-16H2,1-4H3. The zero-order valence-corrected chi connectivity index (χ0v) is 20.6. The monoisotopic (exact) mass is 446 g/mol. The molecular formula is C28H38N4O. The molecule has 2 saturated heterocycles. The Morgan fingerprint density at radius 2 is 1.76 bits per heavy atom. The molecule has 0 radical (unpaired) electrons. The van der Waals surface area contributed by atoms with Crippen LogP contribution in [-0.4, -0.2) is 66.1 Å². The number of nitrogens with one attached hydrogen (secondary N) is 1. The second-order valence-electron chi connectivity index (χ2n) is 10.3. The van der Waals surface area contributed by atoms with E-state index >= 15 is 0 Å². The van der Waals surface area contributed by atoms with E-state index in [1.54, 1.807) is 7.11 Å². The molecule has 3 aromatic rings. The van der Waals surface area contributed by atoms with Gasteiger partial charge in [0.05, 0.1) is 12.8 Å². The van der Waals surface area contributed by atoms with Crippen molar-refractivity contribution in [3.8, 4) is 17.1 Å². The van der Waals surface area contributed by atoms with Crippen LogP contribution in [0.15, 0.2) is 36.5 Å². The van der Waals surface area contributed by atoms with Crippen molar-refractivity contribution < 1.29 is 4.74 Å². The summed E-state index contributed by atoms with van der Waals surface area (Å²) in [5.41, 5.74) is 6.44. The van der Waals surface area contributed by atoms with Gasteiger partial charge in [-0.05, 0) is 100 Å². The number of H-pyrrole nitrogens is 1. The largest absolute Gasteiger partial charge is 0.481 e. The molecule has 1 aromatic carbocycles. The molecule has 4 heterocycles. The summed E-state index contributed by atoms with van der Waals surface area (Å²) in [7, 11) is 3.92. The van der Waals surface area contributed by atoms with Crippen molar-refractivity contribution in [2.24, 2.45) is 0 Å². The molecule has 0 unspecified atom stereocenters. The minimum atomic E-state index is 0.425. The highest BCUT2D eigenvalue weighted by Gasteiger charge is 2.28. The molecule has 5 rings (SSSR count). The van der Waals surface area contributed by atoms with E-state index in [9.17, 15) is 0 Å². The second-order valence-corrected chi connectivity index (χ2v) is 10.3. The number of hydrogen-bond acceptors (Lipinski definition) is 4. The Bertz CT molecular complexity index is 1090. The van der Waals surface area contributed by atoms with Crippen LogP contribution in [0.3, 0.4) is 0 Å². The lowest BCUT2D eigenvalue weighted by atomic mass is 9.86. The maximum atomic E-state index is 5.38. The Morgan fingerprint density at radius 3 is 2.45 bits per heavy atom. The van der Waals surface area contributed by atoms with Crippen molar-refractivity contribution in [3.05, 3.63) is 47.7 Å². The van der Waals surface area contributed by atoms with Gasteiger partial charge in [-0.3, -0.25) is 0 Å². The van der Waals surface area contributed by atoms with E-state index in [1.165, 1.54) is 79.6 Å². The summed E-state index contributed by atoms with van der Waals surface area (Å²) in [5.74, 6) is 1.74. The van der Waals surface area contributed by atoms with Gasteiger partial charge in [0.15, 0.2) is 0 Å². The maximum Gasteiger partial charge on any atom is 0.213 e. The summed E-state index contributed by atoms with van der Waals surface area (Å²) in [6, 6.07) is 12.0. The highest BCUT2D eigenvalue weighted by atomic mass is 16.5. The number of aromatic nitrogens is 2. The summed E-state index contributed by atoms with van der Waals surface area (Å²) in [5, 5.41) is 1.37. The van der Waals surface area contributed by atoms with Crippen LogP contribution < -0.4 is 4.74 Å². The minimum absolute atomic E-state index is 0.425. The number of aromatic amines is 1. The number of hydrogen-bond donors (Lipinski definition) is 1. The average molecular weight is 447 g/mol. The Kier molecular flexibility index (Phi) is 6.44. The molecule has 5 heteroatoms. The van der Waals surface area contributed by atoms with Crippen LogP contribution in [0.1, 0.15) is 62.5 Å². The van der Waals surface area contributed by atoms with Gasteiger partial charge in [-0.25, -0.2) is 4.98 Å². The van der Waals surface area contributed by atoms with Crippen LogP contribution in [0, 0.1) is 0 Å². The van der Waals surface area contributed by atoms with Gasteiger partial charge < -0.3 is 19.5 Å². The van der Waals surface area contributed by atoms with Crippen LogP contribution in [0.4, 0.5) is 0 Å². The first-order valence-electron chi connectivity index (χ1n) is 12.6. The fraction of sp³-hybridized carbons (Fsp3) is 0.536. The molecule has 2 aliphatic rings. The number of ether oxygens (including phenoxy) is 1. The predicted octanol–water partition coefficient (Wildman–Crippen LogP) is 5.64. The number of fused-ring (bicyclic) bond motifs is 1. The van der Waals surface area contributed by atoms with E-state index in [2.05, 4.69) is 64.9 Å². The van der Waals surface area contributed by atoms with Gasteiger partial charge in [-0.2, -0.15) is 0 Å². The summed E-state index contributed by atoms with van der Waals surface area (Å²) in [6.07, 6.45) is 7.03. The highest BCUT2D eigenvalue weighted by Crippen LogP contribution is 2.39. The SMILES string of the molecule is COc1cc(-c2[nH]c3ccc(C4CCN(C5CCN(C)CC5)CC4)cc3c2C(C)C)ccn1. The first-order chi connectivity index (χ1) is 16.0. The molecular weight excluding hydrogens is 408 g/mol.